The minimum atomic E-state index is -0.452. The van der Waals surface area contributed by atoms with Crippen molar-refractivity contribution in [1.29, 1.82) is 0 Å². The molecule has 0 spiro atoms. The molecule has 0 bridgehead atoms. The Morgan fingerprint density at radius 1 is 1.29 bits per heavy atom. The number of hydrogen-bond donors (Lipinski definition) is 3. The summed E-state index contributed by atoms with van der Waals surface area (Å²) < 4.78 is 4.87. The molecule has 0 aliphatic carbocycles. The first-order valence-corrected chi connectivity index (χ1v) is 4.44. The van der Waals surface area contributed by atoms with Gasteiger partial charge in [0.2, 0.25) is 5.91 Å². The van der Waals surface area contributed by atoms with E-state index in [9.17, 15) is 9.59 Å². The van der Waals surface area contributed by atoms with E-state index in [-0.39, 0.29) is 31.8 Å². The lowest BCUT2D eigenvalue weighted by atomic mass is 10.3. The Labute approximate surface area is 83.0 Å². The smallest absolute Gasteiger partial charge is 0.306 e. The van der Waals surface area contributed by atoms with Crippen LogP contribution in [0.25, 0.3) is 0 Å². The highest BCUT2D eigenvalue weighted by molar-refractivity contribution is 5.81. The van der Waals surface area contributed by atoms with E-state index >= 15 is 0 Å². The van der Waals surface area contributed by atoms with E-state index < -0.39 is 12.1 Å². The van der Waals surface area contributed by atoms with Gasteiger partial charge in [-0.1, -0.05) is 0 Å². The monoisotopic (exact) mass is 203 g/mol. The number of ether oxygens (including phenoxy) is 1. The summed E-state index contributed by atoms with van der Waals surface area (Å²) >= 11 is 0. The molecule has 0 unspecified atom stereocenters. The quantitative estimate of drug-likeness (QED) is 0.448. The fourth-order valence-electron chi connectivity index (χ4n) is 0.778. The van der Waals surface area contributed by atoms with Crippen LogP contribution in [0.5, 0.6) is 0 Å². The van der Waals surface area contributed by atoms with E-state index in [4.69, 9.17) is 16.2 Å². The maximum absolute atomic E-state index is 11.1. The molecule has 0 radical (unpaired) electrons. The Morgan fingerprint density at radius 2 is 1.86 bits per heavy atom. The number of nitrogens with one attached hydrogen (secondary N) is 1. The largest absolute Gasteiger partial charge is 0.460 e. The molecule has 5 N–H and O–H groups in total. The normalized spacial score (nSPS) is 10.0. The van der Waals surface area contributed by atoms with Crippen molar-refractivity contribution in [1.82, 2.24) is 5.32 Å². The lowest BCUT2D eigenvalue weighted by molar-refractivity contribution is -0.149. The van der Waals surface area contributed by atoms with Gasteiger partial charge in [-0.25, -0.2) is 0 Å². The summed E-state index contributed by atoms with van der Waals surface area (Å²) in [7, 11) is 1.51. The lowest BCUT2D eigenvalue weighted by Crippen LogP contribution is -2.34. The maximum Gasteiger partial charge on any atom is 0.306 e. The van der Waals surface area contributed by atoms with E-state index in [0.717, 1.165) is 0 Å². The number of hydrogen-bond acceptors (Lipinski definition) is 5. The maximum atomic E-state index is 11.1. The minimum Gasteiger partial charge on any atom is -0.460 e. The zero-order valence-corrected chi connectivity index (χ0v) is 8.29. The topological polar surface area (TPSA) is 107 Å². The predicted octanol–water partition coefficient (Wildman–Crippen LogP) is -1.66. The third kappa shape index (κ3) is 5.50. The van der Waals surface area contributed by atoms with Crippen LogP contribution in [-0.4, -0.2) is 38.1 Å². The standard InChI is InChI=1S/C8H17N3O3/c1-11-7(12)2-3-8(13)14-6(4-9)5-10/h6H,2-5,9-10H2,1H3,(H,11,12). The van der Waals surface area contributed by atoms with Crippen molar-refractivity contribution >= 4 is 11.9 Å². The van der Waals surface area contributed by atoms with Crippen LogP contribution in [0.15, 0.2) is 0 Å². The fourth-order valence-corrected chi connectivity index (χ4v) is 0.778. The van der Waals surface area contributed by atoms with Crippen molar-refractivity contribution in [2.24, 2.45) is 11.5 Å². The lowest BCUT2D eigenvalue weighted by Gasteiger charge is -2.13. The SMILES string of the molecule is CNC(=O)CCC(=O)OC(CN)CN. The van der Waals surface area contributed by atoms with Gasteiger partial charge in [0.25, 0.3) is 0 Å². The van der Waals surface area contributed by atoms with Crippen LogP contribution in [0.3, 0.4) is 0 Å². The molecule has 1 amide bonds. The molecule has 0 aromatic rings. The summed E-state index contributed by atoms with van der Waals surface area (Å²) in [5.74, 6) is -0.645. The molecule has 82 valence electrons. The zero-order valence-electron chi connectivity index (χ0n) is 8.29. The average Bonchev–Trinajstić information content (AvgIpc) is 2.22. The summed E-state index contributed by atoms with van der Waals surface area (Å²) in [6, 6.07) is 0. The van der Waals surface area contributed by atoms with Crippen molar-refractivity contribution in [2.75, 3.05) is 20.1 Å². The van der Waals surface area contributed by atoms with Gasteiger partial charge in [-0.3, -0.25) is 9.59 Å². The first kappa shape index (κ1) is 12.9. The molecule has 0 aliphatic heterocycles. The predicted molar refractivity (Wildman–Crippen MR) is 51.3 cm³/mol. The minimum absolute atomic E-state index is 0.0518. The first-order valence-electron chi connectivity index (χ1n) is 4.44. The molecule has 6 heteroatoms. The van der Waals surface area contributed by atoms with Crippen molar-refractivity contribution in [3.8, 4) is 0 Å². The number of nitrogens with two attached hydrogens (primary N) is 2. The van der Waals surface area contributed by atoms with E-state index in [1.807, 2.05) is 0 Å². The van der Waals surface area contributed by atoms with E-state index in [1.54, 1.807) is 0 Å². The summed E-state index contributed by atoms with van der Waals surface area (Å²) in [5, 5.41) is 2.41. The van der Waals surface area contributed by atoms with Crippen LogP contribution in [0, 0.1) is 0 Å². The van der Waals surface area contributed by atoms with Gasteiger partial charge < -0.3 is 21.5 Å². The zero-order chi connectivity index (χ0) is 11.0. The van der Waals surface area contributed by atoms with Crippen LogP contribution >= 0.6 is 0 Å². The van der Waals surface area contributed by atoms with Crippen molar-refractivity contribution < 1.29 is 14.3 Å². The van der Waals surface area contributed by atoms with E-state index in [1.165, 1.54) is 7.05 Å². The molecule has 0 saturated carbocycles. The van der Waals surface area contributed by atoms with E-state index in [0.29, 0.717) is 0 Å². The number of amides is 1. The molecule has 14 heavy (non-hydrogen) atoms. The van der Waals surface area contributed by atoms with Gasteiger partial charge in [0.1, 0.15) is 6.10 Å². The van der Waals surface area contributed by atoms with Crippen molar-refractivity contribution in [3.05, 3.63) is 0 Å². The van der Waals surface area contributed by atoms with Crippen LogP contribution in [0.1, 0.15) is 12.8 Å². The Kier molecular flexibility index (Phi) is 6.69. The molecule has 0 aliphatic rings. The van der Waals surface area contributed by atoms with Gasteiger partial charge >= 0.3 is 5.97 Å². The highest BCUT2D eigenvalue weighted by Crippen LogP contribution is 1.96. The Morgan fingerprint density at radius 3 is 2.29 bits per heavy atom. The Bertz CT molecular complexity index is 192. The Hall–Kier alpha value is -1.14. The highest BCUT2D eigenvalue weighted by atomic mass is 16.5. The molecule has 0 atom stereocenters. The molecule has 0 rings (SSSR count). The number of carbonyl (C=O) groups is 2. The van der Waals surface area contributed by atoms with Gasteiger partial charge in [-0.2, -0.15) is 0 Å². The molecule has 0 heterocycles. The molecule has 0 aromatic heterocycles. The van der Waals surface area contributed by atoms with Gasteiger partial charge in [0.05, 0.1) is 6.42 Å². The second-order valence-electron chi connectivity index (χ2n) is 2.76. The molecular formula is C8H17N3O3. The number of rotatable bonds is 6. The second-order valence-corrected chi connectivity index (χ2v) is 2.76. The van der Waals surface area contributed by atoms with Crippen LogP contribution in [-0.2, 0) is 14.3 Å². The Balaban J connectivity index is 3.69. The average molecular weight is 203 g/mol. The summed E-state index contributed by atoms with van der Waals surface area (Å²) in [4.78, 5) is 21.9. The molecule has 0 saturated heterocycles. The summed E-state index contributed by atoms with van der Waals surface area (Å²) in [6.45, 7) is 0.393. The first-order chi connectivity index (χ1) is 6.63. The number of carbonyl (C=O) groups excluding carboxylic acids is 2. The fraction of sp³-hybridized carbons (Fsp3) is 0.750. The molecule has 6 nitrogen and oxygen atoms in total. The highest BCUT2D eigenvalue weighted by Gasteiger charge is 2.11. The second kappa shape index (κ2) is 7.28. The summed E-state index contributed by atoms with van der Waals surface area (Å²) in [5.41, 5.74) is 10.6. The van der Waals surface area contributed by atoms with Gasteiger partial charge in [-0.15, -0.1) is 0 Å². The van der Waals surface area contributed by atoms with Crippen LogP contribution in [0.2, 0.25) is 0 Å². The molecule has 0 fully saturated rings. The van der Waals surface area contributed by atoms with Gasteiger partial charge in [0.15, 0.2) is 0 Å². The molecular weight excluding hydrogens is 186 g/mol. The third-order valence-corrected chi connectivity index (χ3v) is 1.66. The summed E-state index contributed by atoms with van der Waals surface area (Å²) in [6.07, 6.45) is -0.278. The van der Waals surface area contributed by atoms with Crippen molar-refractivity contribution in [3.63, 3.8) is 0 Å². The van der Waals surface area contributed by atoms with Gasteiger partial charge in [-0.05, 0) is 0 Å². The van der Waals surface area contributed by atoms with Crippen LogP contribution < -0.4 is 16.8 Å². The van der Waals surface area contributed by atoms with Gasteiger partial charge in [0, 0.05) is 26.6 Å². The number of esters is 1. The molecule has 0 aromatic carbocycles. The van der Waals surface area contributed by atoms with Crippen molar-refractivity contribution in [2.45, 2.75) is 18.9 Å². The third-order valence-electron chi connectivity index (χ3n) is 1.66. The van der Waals surface area contributed by atoms with Crippen LogP contribution in [0.4, 0.5) is 0 Å². The van der Waals surface area contributed by atoms with E-state index in [2.05, 4.69) is 5.32 Å².